The van der Waals surface area contributed by atoms with Gasteiger partial charge in [-0.2, -0.15) is 12.6 Å². The summed E-state index contributed by atoms with van der Waals surface area (Å²) < 4.78 is 0. The van der Waals surface area contributed by atoms with Crippen molar-refractivity contribution in [2.45, 2.75) is 19.4 Å². The molecule has 0 aromatic heterocycles. The van der Waals surface area contributed by atoms with Crippen molar-refractivity contribution in [3.8, 4) is 0 Å². The summed E-state index contributed by atoms with van der Waals surface area (Å²) in [7, 11) is 0. The van der Waals surface area contributed by atoms with Crippen LogP contribution in [0.2, 0.25) is 0 Å². The van der Waals surface area contributed by atoms with Gasteiger partial charge < -0.3 is 10.2 Å². The molecule has 0 aliphatic heterocycles. The highest BCUT2D eigenvalue weighted by atomic mass is 127. The number of thiol groups is 1. The van der Waals surface area contributed by atoms with Gasteiger partial charge in [-0.15, -0.1) is 24.0 Å². The Morgan fingerprint density at radius 3 is 2.18 bits per heavy atom. The van der Waals surface area contributed by atoms with Crippen molar-refractivity contribution in [3.63, 3.8) is 0 Å². The lowest BCUT2D eigenvalue weighted by atomic mass is 9.93. The molecular formula is C6H13IO3S. The zero-order valence-corrected chi connectivity index (χ0v) is 9.67. The van der Waals surface area contributed by atoms with Gasteiger partial charge in [0.1, 0.15) is 0 Å². The molecule has 0 heterocycles. The Balaban J connectivity index is 0. The summed E-state index contributed by atoms with van der Waals surface area (Å²) in [5.41, 5.74) is -1.65. The molecule has 5 heteroatoms. The van der Waals surface area contributed by atoms with Crippen molar-refractivity contribution in [2.24, 2.45) is 5.92 Å². The Bertz CT molecular complexity index is 138. The highest BCUT2D eigenvalue weighted by molar-refractivity contribution is 14.0. The number of carboxylic acid groups (broad SMARTS) is 1. The van der Waals surface area contributed by atoms with Crippen LogP contribution in [-0.2, 0) is 4.79 Å². The third-order valence-electron chi connectivity index (χ3n) is 1.67. The Kier molecular flexibility index (Phi) is 6.66. The van der Waals surface area contributed by atoms with Gasteiger partial charge in [0.05, 0.1) is 0 Å². The van der Waals surface area contributed by atoms with Crippen LogP contribution in [0.15, 0.2) is 0 Å². The Morgan fingerprint density at radius 1 is 1.73 bits per heavy atom. The highest BCUT2D eigenvalue weighted by Gasteiger charge is 2.35. The van der Waals surface area contributed by atoms with Crippen molar-refractivity contribution < 1.29 is 15.0 Å². The minimum atomic E-state index is -1.65. The number of halogens is 1. The van der Waals surface area contributed by atoms with E-state index in [1.165, 1.54) is 6.92 Å². The number of carboxylic acids is 1. The molecule has 68 valence electrons. The van der Waals surface area contributed by atoms with Crippen LogP contribution in [-0.4, -0.2) is 27.5 Å². The summed E-state index contributed by atoms with van der Waals surface area (Å²) >= 11 is 3.88. The molecule has 0 saturated heterocycles. The topological polar surface area (TPSA) is 57.5 Å². The van der Waals surface area contributed by atoms with Crippen LogP contribution >= 0.6 is 36.6 Å². The fraction of sp³-hybridized carbons (Fsp3) is 0.833. The molecule has 3 nitrogen and oxygen atoms in total. The minimum Gasteiger partial charge on any atom is -0.479 e. The van der Waals surface area contributed by atoms with E-state index in [-0.39, 0.29) is 29.9 Å². The number of hydrogen-bond acceptors (Lipinski definition) is 3. The van der Waals surface area contributed by atoms with Gasteiger partial charge in [0, 0.05) is 5.92 Å². The van der Waals surface area contributed by atoms with Crippen molar-refractivity contribution in [2.75, 3.05) is 5.75 Å². The van der Waals surface area contributed by atoms with Crippen LogP contribution in [0.3, 0.4) is 0 Å². The number of carbonyl (C=O) groups is 1. The molecule has 0 spiro atoms. The molecule has 0 aliphatic rings. The second-order valence-corrected chi connectivity index (χ2v) is 2.90. The van der Waals surface area contributed by atoms with E-state index in [0.717, 1.165) is 0 Å². The molecule has 0 aliphatic carbocycles. The van der Waals surface area contributed by atoms with E-state index in [0.29, 0.717) is 5.75 Å². The Labute approximate surface area is 88.6 Å². The van der Waals surface area contributed by atoms with Gasteiger partial charge in [-0.3, -0.25) is 0 Å². The lowest BCUT2D eigenvalue weighted by Crippen LogP contribution is -2.42. The normalized spacial score (nSPS) is 17.8. The largest absolute Gasteiger partial charge is 0.479 e. The minimum absolute atomic E-state index is 0. The second kappa shape index (κ2) is 5.21. The predicted molar refractivity (Wildman–Crippen MR) is 56.7 cm³/mol. The van der Waals surface area contributed by atoms with Crippen LogP contribution in [0.5, 0.6) is 0 Å². The molecule has 2 N–H and O–H groups in total. The van der Waals surface area contributed by atoms with Gasteiger partial charge in [0.15, 0.2) is 5.60 Å². The van der Waals surface area contributed by atoms with Gasteiger partial charge >= 0.3 is 5.97 Å². The first-order chi connectivity index (χ1) is 4.42. The zero-order valence-electron chi connectivity index (χ0n) is 6.44. The number of hydrogen-bond donors (Lipinski definition) is 3. The molecule has 0 amide bonds. The van der Waals surface area contributed by atoms with Crippen molar-refractivity contribution in [1.29, 1.82) is 0 Å². The van der Waals surface area contributed by atoms with Gasteiger partial charge in [-0.1, -0.05) is 6.92 Å². The fourth-order valence-corrected chi connectivity index (χ4v) is 0.744. The van der Waals surface area contributed by atoms with Crippen LogP contribution in [0.4, 0.5) is 0 Å². The lowest BCUT2D eigenvalue weighted by Gasteiger charge is -2.23. The summed E-state index contributed by atoms with van der Waals surface area (Å²) in [6.45, 7) is 2.91. The van der Waals surface area contributed by atoms with E-state index >= 15 is 0 Å². The average Bonchev–Trinajstić information content (AvgIpc) is 1.86. The standard InChI is InChI=1S/C6H12O3S.HI/c1-4(3-10)6(2,9)5(7)8;/h4,9-10H,3H2,1-2H3,(H,7,8);1H. The van der Waals surface area contributed by atoms with E-state index < -0.39 is 11.6 Å². The van der Waals surface area contributed by atoms with Crippen molar-refractivity contribution >= 4 is 42.6 Å². The highest BCUT2D eigenvalue weighted by Crippen LogP contribution is 2.17. The summed E-state index contributed by atoms with van der Waals surface area (Å²) in [6.07, 6.45) is 0. The Hall–Kier alpha value is 0.510. The molecule has 0 rings (SSSR count). The van der Waals surface area contributed by atoms with Crippen LogP contribution < -0.4 is 0 Å². The molecule has 0 aromatic rings. The maximum atomic E-state index is 10.3. The third-order valence-corrected chi connectivity index (χ3v) is 2.21. The predicted octanol–water partition coefficient (Wildman–Crippen LogP) is 1.01. The van der Waals surface area contributed by atoms with Crippen molar-refractivity contribution in [3.05, 3.63) is 0 Å². The quantitative estimate of drug-likeness (QED) is 0.537. The summed E-state index contributed by atoms with van der Waals surface area (Å²) in [5, 5.41) is 17.7. The first-order valence-corrected chi connectivity index (χ1v) is 3.62. The van der Waals surface area contributed by atoms with Gasteiger partial charge in [-0.05, 0) is 12.7 Å². The van der Waals surface area contributed by atoms with Crippen LogP contribution in [0.1, 0.15) is 13.8 Å². The fourth-order valence-electron chi connectivity index (χ4n) is 0.389. The average molecular weight is 292 g/mol. The summed E-state index contributed by atoms with van der Waals surface area (Å²) in [6, 6.07) is 0. The van der Waals surface area contributed by atoms with Gasteiger partial charge in [-0.25, -0.2) is 4.79 Å². The SMILES string of the molecule is CC(CS)C(C)(O)C(=O)O.I. The molecule has 0 saturated carbocycles. The first kappa shape index (κ1) is 14.1. The molecule has 2 atom stereocenters. The van der Waals surface area contributed by atoms with E-state index in [1.54, 1.807) is 6.92 Å². The van der Waals surface area contributed by atoms with Crippen LogP contribution in [0.25, 0.3) is 0 Å². The molecule has 2 unspecified atom stereocenters. The lowest BCUT2D eigenvalue weighted by molar-refractivity contribution is -0.160. The maximum absolute atomic E-state index is 10.3. The van der Waals surface area contributed by atoms with E-state index in [1.807, 2.05) is 0 Å². The molecule has 0 radical (unpaired) electrons. The number of aliphatic hydroxyl groups is 1. The molecule has 11 heavy (non-hydrogen) atoms. The van der Waals surface area contributed by atoms with E-state index in [9.17, 15) is 9.90 Å². The second-order valence-electron chi connectivity index (χ2n) is 2.54. The van der Waals surface area contributed by atoms with E-state index in [2.05, 4.69) is 12.6 Å². The maximum Gasteiger partial charge on any atom is 0.335 e. The van der Waals surface area contributed by atoms with Gasteiger partial charge in [0.2, 0.25) is 0 Å². The van der Waals surface area contributed by atoms with E-state index in [4.69, 9.17) is 5.11 Å². The van der Waals surface area contributed by atoms with Gasteiger partial charge in [0.25, 0.3) is 0 Å². The summed E-state index contributed by atoms with van der Waals surface area (Å²) in [5.74, 6) is -1.18. The Morgan fingerprint density at radius 2 is 2.09 bits per heavy atom. The molecule has 0 bridgehead atoms. The molecule has 0 aromatic carbocycles. The first-order valence-electron chi connectivity index (χ1n) is 2.99. The molecular weight excluding hydrogens is 279 g/mol. The van der Waals surface area contributed by atoms with Crippen LogP contribution in [0, 0.1) is 5.92 Å². The number of rotatable bonds is 3. The van der Waals surface area contributed by atoms with Crippen molar-refractivity contribution in [1.82, 2.24) is 0 Å². The third kappa shape index (κ3) is 3.62. The monoisotopic (exact) mass is 292 g/mol. The molecule has 0 fully saturated rings. The zero-order chi connectivity index (χ0) is 8.36. The number of aliphatic carboxylic acids is 1. The summed E-state index contributed by atoms with van der Waals surface area (Å²) in [4.78, 5) is 10.3. The smallest absolute Gasteiger partial charge is 0.335 e.